The van der Waals surface area contributed by atoms with E-state index in [2.05, 4.69) is 42.1 Å². The fourth-order valence-electron chi connectivity index (χ4n) is 2.51. The zero-order valence-electron chi connectivity index (χ0n) is 12.9. The van der Waals surface area contributed by atoms with Crippen LogP contribution in [0.1, 0.15) is 28.7 Å². The number of amides is 2. The summed E-state index contributed by atoms with van der Waals surface area (Å²) in [5.74, 6) is -0.514. The third-order valence-corrected chi connectivity index (χ3v) is 4.06. The van der Waals surface area contributed by atoms with Gasteiger partial charge in [0.05, 0.1) is 11.4 Å². The number of aromatic nitrogens is 2. The number of carbonyl (C=O) groups excluding carboxylic acids is 2. The summed E-state index contributed by atoms with van der Waals surface area (Å²) in [6.45, 7) is 2.91. The fourth-order valence-corrected chi connectivity index (χ4v) is 2.87. The SMILES string of the molecule is CC(=O)Nc1ccc(Br)cc1NC(=O)c1n[nH]c2c1CNCC2.Cl. The summed E-state index contributed by atoms with van der Waals surface area (Å²) in [4.78, 5) is 23.8. The zero-order chi connectivity index (χ0) is 16.4. The van der Waals surface area contributed by atoms with E-state index in [1.165, 1.54) is 6.92 Å². The topological polar surface area (TPSA) is 98.9 Å². The van der Waals surface area contributed by atoms with Crippen LogP contribution in [0.25, 0.3) is 0 Å². The first-order valence-corrected chi connectivity index (χ1v) is 7.99. The number of anilines is 2. The number of rotatable bonds is 3. The highest BCUT2D eigenvalue weighted by molar-refractivity contribution is 9.10. The number of H-pyrrole nitrogens is 1. The Morgan fingerprint density at radius 2 is 2.04 bits per heavy atom. The Morgan fingerprint density at radius 1 is 1.25 bits per heavy atom. The predicted octanol–water partition coefficient (Wildman–Crippen LogP) is 2.45. The summed E-state index contributed by atoms with van der Waals surface area (Å²) in [6.07, 6.45) is 0.823. The van der Waals surface area contributed by atoms with E-state index in [0.717, 1.165) is 28.7 Å². The van der Waals surface area contributed by atoms with E-state index in [0.29, 0.717) is 23.6 Å². The smallest absolute Gasteiger partial charge is 0.276 e. The molecule has 0 aliphatic carbocycles. The number of nitrogens with zero attached hydrogens (tertiary/aromatic N) is 1. The molecule has 7 nitrogen and oxygen atoms in total. The first-order chi connectivity index (χ1) is 11.0. The van der Waals surface area contributed by atoms with Crippen LogP contribution in [-0.4, -0.2) is 28.6 Å². The van der Waals surface area contributed by atoms with Crippen LogP contribution in [0, 0.1) is 0 Å². The minimum absolute atomic E-state index is 0. The summed E-state index contributed by atoms with van der Waals surface area (Å²) < 4.78 is 0.799. The molecule has 1 aromatic carbocycles. The highest BCUT2D eigenvalue weighted by Gasteiger charge is 2.22. The van der Waals surface area contributed by atoms with Gasteiger partial charge in [0.25, 0.3) is 5.91 Å². The van der Waals surface area contributed by atoms with Crippen molar-refractivity contribution in [3.05, 3.63) is 39.6 Å². The molecule has 0 atom stereocenters. The second-order valence-corrected chi connectivity index (χ2v) is 6.20. The van der Waals surface area contributed by atoms with E-state index in [-0.39, 0.29) is 24.2 Å². The van der Waals surface area contributed by atoms with Gasteiger partial charge < -0.3 is 16.0 Å². The maximum absolute atomic E-state index is 12.5. The van der Waals surface area contributed by atoms with Gasteiger partial charge in [-0.1, -0.05) is 15.9 Å². The summed E-state index contributed by atoms with van der Waals surface area (Å²) in [5.41, 5.74) is 3.31. The van der Waals surface area contributed by atoms with Crippen molar-refractivity contribution in [2.24, 2.45) is 0 Å². The zero-order valence-corrected chi connectivity index (χ0v) is 15.3. The lowest BCUT2D eigenvalue weighted by Crippen LogP contribution is -2.25. The number of hydrogen-bond donors (Lipinski definition) is 4. The largest absolute Gasteiger partial charge is 0.325 e. The van der Waals surface area contributed by atoms with Crippen LogP contribution in [0.5, 0.6) is 0 Å². The lowest BCUT2D eigenvalue weighted by atomic mass is 10.1. The molecular formula is C15H17BrClN5O2. The quantitative estimate of drug-likeness (QED) is 0.620. The van der Waals surface area contributed by atoms with E-state index < -0.39 is 0 Å². The van der Waals surface area contributed by atoms with Gasteiger partial charge in [0.1, 0.15) is 0 Å². The number of fused-ring (bicyclic) bond motifs is 1. The van der Waals surface area contributed by atoms with Crippen molar-refractivity contribution < 1.29 is 9.59 Å². The molecule has 128 valence electrons. The maximum Gasteiger partial charge on any atom is 0.276 e. The highest BCUT2D eigenvalue weighted by Crippen LogP contribution is 2.27. The van der Waals surface area contributed by atoms with Gasteiger partial charge in [-0.25, -0.2) is 0 Å². The van der Waals surface area contributed by atoms with Crippen molar-refractivity contribution in [2.75, 3.05) is 17.2 Å². The van der Waals surface area contributed by atoms with Gasteiger partial charge in [0.2, 0.25) is 5.91 Å². The van der Waals surface area contributed by atoms with Gasteiger partial charge in [-0.2, -0.15) is 5.10 Å². The summed E-state index contributed by atoms with van der Waals surface area (Å²) in [7, 11) is 0. The number of hydrogen-bond acceptors (Lipinski definition) is 4. The van der Waals surface area contributed by atoms with Gasteiger partial charge in [-0.05, 0) is 18.2 Å². The molecule has 1 aromatic heterocycles. The van der Waals surface area contributed by atoms with Crippen molar-refractivity contribution in [1.82, 2.24) is 15.5 Å². The van der Waals surface area contributed by atoms with Crippen molar-refractivity contribution in [1.29, 1.82) is 0 Å². The molecule has 0 saturated carbocycles. The van der Waals surface area contributed by atoms with Crippen LogP contribution in [0.15, 0.2) is 22.7 Å². The lowest BCUT2D eigenvalue weighted by Gasteiger charge is -2.14. The standard InChI is InChI=1S/C15H16BrN5O2.ClH/c1-8(22)18-12-3-2-9(16)6-13(12)19-15(23)14-10-7-17-5-4-11(10)20-21-14;/h2-3,6,17H,4-5,7H2,1H3,(H,18,22)(H,19,23)(H,20,21);1H. The maximum atomic E-state index is 12.5. The molecule has 24 heavy (non-hydrogen) atoms. The minimum atomic E-state index is -0.309. The second-order valence-electron chi connectivity index (χ2n) is 5.28. The van der Waals surface area contributed by atoms with Crippen molar-refractivity contribution in [3.8, 4) is 0 Å². The number of aromatic amines is 1. The van der Waals surface area contributed by atoms with Gasteiger partial charge in [-0.3, -0.25) is 14.7 Å². The van der Waals surface area contributed by atoms with Crippen LogP contribution >= 0.6 is 28.3 Å². The van der Waals surface area contributed by atoms with E-state index in [1.807, 2.05) is 0 Å². The number of carbonyl (C=O) groups is 2. The van der Waals surface area contributed by atoms with Crippen LogP contribution in [-0.2, 0) is 17.8 Å². The Labute approximate surface area is 153 Å². The van der Waals surface area contributed by atoms with Crippen molar-refractivity contribution in [3.63, 3.8) is 0 Å². The monoisotopic (exact) mass is 413 g/mol. The Bertz CT molecular complexity index is 777. The Hall–Kier alpha value is -1.90. The molecular weight excluding hydrogens is 398 g/mol. The minimum Gasteiger partial charge on any atom is -0.325 e. The lowest BCUT2D eigenvalue weighted by molar-refractivity contribution is -0.114. The number of nitrogens with one attached hydrogen (secondary N) is 4. The molecule has 0 bridgehead atoms. The number of halogens is 2. The fraction of sp³-hybridized carbons (Fsp3) is 0.267. The van der Waals surface area contributed by atoms with E-state index in [1.54, 1.807) is 18.2 Å². The normalized spacial score (nSPS) is 12.8. The van der Waals surface area contributed by atoms with Gasteiger partial charge in [0, 0.05) is 42.2 Å². The molecule has 2 heterocycles. The molecule has 0 spiro atoms. The third-order valence-electron chi connectivity index (χ3n) is 3.56. The first kappa shape index (κ1) is 18.4. The molecule has 0 fully saturated rings. The predicted molar refractivity (Wildman–Crippen MR) is 97.6 cm³/mol. The Balaban J connectivity index is 0.00000208. The molecule has 2 aromatic rings. The van der Waals surface area contributed by atoms with Crippen molar-refractivity contribution >= 4 is 51.5 Å². The first-order valence-electron chi connectivity index (χ1n) is 7.20. The van der Waals surface area contributed by atoms with Gasteiger partial charge >= 0.3 is 0 Å². The average molecular weight is 415 g/mol. The second kappa shape index (κ2) is 7.78. The van der Waals surface area contributed by atoms with Gasteiger partial charge in [0.15, 0.2) is 5.69 Å². The molecule has 1 aliphatic heterocycles. The van der Waals surface area contributed by atoms with Crippen LogP contribution in [0.3, 0.4) is 0 Å². The van der Waals surface area contributed by atoms with E-state index in [4.69, 9.17) is 0 Å². The summed E-state index contributed by atoms with van der Waals surface area (Å²) >= 11 is 3.37. The average Bonchev–Trinajstić information content (AvgIpc) is 2.93. The Kier molecular flexibility index (Phi) is 5.98. The third kappa shape index (κ3) is 3.95. The summed E-state index contributed by atoms with van der Waals surface area (Å²) in [5, 5.41) is 15.8. The summed E-state index contributed by atoms with van der Waals surface area (Å²) in [6, 6.07) is 5.25. The van der Waals surface area contributed by atoms with Crippen LogP contribution < -0.4 is 16.0 Å². The van der Waals surface area contributed by atoms with Crippen molar-refractivity contribution in [2.45, 2.75) is 19.9 Å². The molecule has 4 N–H and O–H groups in total. The molecule has 9 heteroatoms. The molecule has 0 saturated heterocycles. The Morgan fingerprint density at radius 3 is 2.79 bits per heavy atom. The van der Waals surface area contributed by atoms with E-state index in [9.17, 15) is 9.59 Å². The highest BCUT2D eigenvalue weighted by atomic mass is 79.9. The van der Waals surface area contributed by atoms with Gasteiger partial charge in [-0.15, -0.1) is 12.4 Å². The molecule has 0 radical (unpaired) electrons. The molecule has 3 rings (SSSR count). The molecule has 2 amide bonds. The molecule has 1 aliphatic rings. The molecule has 0 unspecified atom stereocenters. The van der Waals surface area contributed by atoms with Crippen LogP contribution in [0.2, 0.25) is 0 Å². The van der Waals surface area contributed by atoms with Crippen LogP contribution in [0.4, 0.5) is 11.4 Å². The van der Waals surface area contributed by atoms with E-state index >= 15 is 0 Å². The number of benzene rings is 1.